The summed E-state index contributed by atoms with van der Waals surface area (Å²) < 4.78 is 5.55. The molecule has 0 aromatic carbocycles. The first-order valence-electron chi connectivity index (χ1n) is 4.16. The molecule has 1 aliphatic heterocycles. The van der Waals surface area contributed by atoms with Gasteiger partial charge < -0.3 is 9.84 Å². The summed E-state index contributed by atoms with van der Waals surface area (Å²) in [6, 6.07) is 0. The van der Waals surface area contributed by atoms with Gasteiger partial charge in [-0.3, -0.25) is 0 Å². The second-order valence-corrected chi connectivity index (χ2v) is 3.23. The van der Waals surface area contributed by atoms with E-state index < -0.39 is 0 Å². The van der Waals surface area contributed by atoms with E-state index in [9.17, 15) is 0 Å². The van der Waals surface area contributed by atoms with Crippen LogP contribution in [0.5, 0.6) is 0 Å². The van der Waals surface area contributed by atoms with Crippen LogP contribution in [-0.4, -0.2) is 23.9 Å². The molecular weight excluding hydrogens is 140 g/mol. The predicted molar refractivity (Wildman–Crippen MR) is 44.4 cm³/mol. The molecule has 64 valence electrons. The number of rotatable bonds is 2. The Balaban J connectivity index is 2.38. The number of hydrogen-bond donors (Lipinski definition) is 1. The zero-order valence-corrected chi connectivity index (χ0v) is 7.21. The molecule has 1 saturated heterocycles. The molecule has 1 aliphatic rings. The average molecular weight is 156 g/mol. The third-order valence-electron chi connectivity index (χ3n) is 1.98. The second kappa shape index (κ2) is 3.88. The van der Waals surface area contributed by atoms with E-state index in [1.54, 1.807) is 0 Å². The van der Waals surface area contributed by atoms with Crippen LogP contribution in [-0.2, 0) is 4.74 Å². The number of aliphatic hydroxyl groups excluding tert-OH is 1. The molecule has 0 radical (unpaired) electrons. The minimum atomic E-state index is 0.147. The summed E-state index contributed by atoms with van der Waals surface area (Å²) in [5.74, 6) is 0. The van der Waals surface area contributed by atoms with Crippen molar-refractivity contribution < 1.29 is 9.84 Å². The molecule has 1 N–H and O–H groups in total. The minimum Gasteiger partial charge on any atom is -0.392 e. The van der Waals surface area contributed by atoms with Crippen molar-refractivity contribution in [1.29, 1.82) is 0 Å². The highest BCUT2D eigenvalue weighted by molar-refractivity contribution is 5.03. The van der Waals surface area contributed by atoms with Gasteiger partial charge in [0.15, 0.2) is 0 Å². The van der Waals surface area contributed by atoms with Crippen LogP contribution in [0.25, 0.3) is 0 Å². The van der Waals surface area contributed by atoms with Crippen molar-refractivity contribution in [1.82, 2.24) is 0 Å². The predicted octanol–water partition coefficient (Wildman–Crippen LogP) is 1.49. The summed E-state index contributed by atoms with van der Waals surface area (Å²) in [5.41, 5.74) is 1.00. The Morgan fingerprint density at radius 2 is 2.36 bits per heavy atom. The Morgan fingerprint density at radius 3 is 2.82 bits per heavy atom. The number of ether oxygens (including phenoxy) is 1. The van der Waals surface area contributed by atoms with Crippen molar-refractivity contribution in [3.63, 3.8) is 0 Å². The van der Waals surface area contributed by atoms with E-state index in [0.29, 0.717) is 6.10 Å². The van der Waals surface area contributed by atoms with Crippen molar-refractivity contribution in [2.24, 2.45) is 0 Å². The second-order valence-electron chi connectivity index (χ2n) is 3.23. The van der Waals surface area contributed by atoms with Crippen LogP contribution in [0, 0.1) is 0 Å². The summed E-state index contributed by atoms with van der Waals surface area (Å²) >= 11 is 0. The van der Waals surface area contributed by atoms with Crippen LogP contribution in [0.2, 0.25) is 0 Å². The zero-order valence-electron chi connectivity index (χ0n) is 7.21. The summed E-state index contributed by atoms with van der Waals surface area (Å²) in [6.45, 7) is 4.16. The van der Waals surface area contributed by atoms with Gasteiger partial charge in [0.1, 0.15) is 0 Å². The Bertz CT molecular complexity index is 152. The summed E-state index contributed by atoms with van der Waals surface area (Å²) in [4.78, 5) is 0. The Morgan fingerprint density at radius 1 is 1.64 bits per heavy atom. The van der Waals surface area contributed by atoms with Gasteiger partial charge >= 0.3 is 0 Å². The Kier molecular flexibility index (Phi) is 3.09. The minimum absolute atomic E-state index is 0.147. The monoisotopic (exact) mass is 156 g/mol. The maximum atomic E-state index is 8.74. The van der Waals surface area contributed by atoms with E-state index >= 15 is 0 Å². The lowest BCUT2D eigenvalue weighted by molar-refractivity contribution is 0.0825. The Labute approximate surface area is 67.9 Å². The lowest BCUT2D eigenvalue weighted by Crippen LogP contribution is -2.05. The molecule has 1 fully saturated rings. The highest BCUT2D eigenvalue weighted by atomic mass is 16.5. The van der Waals surface area contributed by atoms with Crippen molar-refractivity contribution in [2.45, 2.75) is 38.9 Å². The summed E-state index contributed by atoms with van der Waals surface area (Å²) in [5, 5.41) is 8.74. The van der Waals surface area contributed by atoms with E-state index in [1.807, 2.05) is 13.0 Å². The van der Waals surface area contributed by atoms with E-state index in [0.717, 1.165) is 18.4 Å². The zero-order chi connectivity index (χ0) is 8.27. The highest BCUT2D eigenvalue weighted by Crippen LogP contribution is 2.20. The first-order chi connectivity index (χ1) is 5.22. The molecule has 0 aromatic heterocycles. The van der Waals surface area contributed by atoms with Gasteiger partial charge in [-0.25, -0.2) is 0 Å². The van der Waals surface area contributed by atoms with Crippen LogP contribution in [0.3, 0.4) is 0 Å². The molecule has 2 heteroatoms. The molecule has 2 atom stereocenters. The standard InChI is InChI=1S/C9H16O2/c1-7(6-10)5-9-4-3-8(2)11-9/h5,8-10H,3-4,6H2,1-2H3/b7-5-. The maximum absolute atomic E-state index is 8.74. The fourth-order valence-electron chi connectivity index (χ4n) is 1.33. The first kappa shape index (κ1) is 8.75. The van der Waals surface area contributed by atoms with Gasteiger partial charge in [-0.1, -0.05) is 6.08 Å². The molecule has 0 aromatic rings. The topological polar surface area (TPSA) is 29.5 Å². The summed E-state index contributed by atoms with van der Waals surface area (Å²) in [6.07, 6.45) is 4.89. The van der Waals surface area contributed by atoms with E-state index in [2.05, 4.69) is 6.92 Å². The van der Waals surface area contributed by atoms with Crippen LogP contribution in [0.4, 0.5) is 0 Å². The molecule has 2 unspecified atom stereocenters. The number of aliphatic hydroxyl groups is 1. The third-order valence-corrected chi connectivity index (χ3v) is 1.98. The molecule has 1 heterocycles. The van der Waals surface area contributed by atoms with E-state index in [-0.39, 0.29) is 12.7 Å². The van der Waals surface area contributed by atoms with Crippen LogP contribution < -0.4 is 0 Å². The molecule has 2 nitrogen and oxygen atoms in total. The SMILES string of the molecule is C/C(=C/C1CCC(C)O1)CO. The fourth-order valence-corrected chi connectivity index (χ4v) is 1.33. The lowest BCUT2D eigenvalue weighted by Gasteiger charge is -2.06. The van der Waals surface area contributed by atoms with E-state index in [1.165, 1.54) is 0 Å². The molecule has 0 bridgehead atoms. The quantitative estimate of drug-likeness (QED) is 0.614. The van der Waals surface area contributed by atoms with Gasteiger partial charge in [-0.05, 0) is 32.3 Å². The van der Waals surface area contributed by atoms with Crippen LogP contribution in [0.1, 0.15) is 26.7 Å². The summed E-state index contributed by atoms with van der Waals surface area (Å²) in [7, 11) is 0. The van der Waals surface area contributed by atoms with Crippen LogP contribution >= 0.6 is 0 Å². The van der Waals surface area contributed by atoms with Gasteiger partial charge in [-0.15, -0.1) is 0 Å². The Hall–Kier alpha value is -0.340. The molecule has 11 heavy (non-hydrogen) atoms. The molecular formula is C9H16O2. The highest BCUT2D eigenvalue weighted by Gasteiger charge is 2.19. The molecule has 0 spiro atoms. The smallest absolute Gasteiger partial charge is 0.0763 e. The first-order valence-corrected chi connectivity index (χ1v) is 4.16. The largest absolute Gasteiger partial charge is 0.392 e. The maximum Gasteiger partial charge on any atom is 0.0763 e. The van der Waals surface area contributed by atoms with Crippen molar-refractivity contribution in [2.75, 3.05) is 6.61 Å². The van der Waals surface area contributed by atoms with Gasteiger partial charge in [0, 0.05) is 0 Å². The molecule has 0 aliphatic carbocycles. The van der Waals surface area contributed by atoms with E-state index in [4.69, 9.17) is 9.84 Å². The van der Waals surface area contributed by atoms with Crippen molar-refractivity contribution in [3.05, 3.63) is 11.6 Å². The normalized spacial score (nSPS) is 32.8. The van der Waals surface area contributed by atoms with Crippen molar-refractivity contribution >= 4 is 0 Å². The molecule has 1 rings (SSSR count). The molecule has 0 saturated carbocycles. The number of hydrogen-bond acceptors (Lipinski definition) is 2. The molecule has 0 amide bonds. The van der Waals surface area contributed by atoms with Gasteiger partial charge in [0.2, 0.25) is 0 Å². The van der Waals surface area contributed by atoms with Crippen LogP contribution in [0.15, 0.2) is 11.6 Å². The fraction of sp³-hybridized carbons (Fsp3) is 0.778. The average Bonchev–Trinajstić information content (AvgIpc) is 2.35. The van der Waals surface area contributed by atoms with Crippen molar-refractivity contribution in [3.8, 4) is 0 Å². The third kappa shape index (κ3) is 2.64. The lowest BCUT2D eigenvalue weighted by atomic mass is 10.1. The van der Waals surface area contributed by atoms with Gasteiger partial charge in [0.05, 0.1) is 18.8 Å². The van der Waals surface area contributed by atoms with Gasteiger partial charge in [-0.2, -0.15) is 0 Å². The van der Waals surface area contributed by atoms with Gasteiger partial charge in [0.25, 0.3) is 0 Å².